The summed E-state index contributed by atoms with van der Waals surface area (Å²) >= 11 is 0. The van der Waals surface area contributed by atoms with Gasteiger partial charge in [0.2, 0.25) is 11.8 Å². The van der Waals surface area contributed by atoms with Crippen molar-refractivity contribution in [2.45, 2.75) is 53.4 Å². The van der Waals surface area contributed by atoms with E-state index < -0.39 is 0 Å². The maximum absolute atomic E-state index is 12.5. The van der Waals surface area contributed by atoms with E-state index in [9.17, 15) is 9.59 Å². The summed E-state index contributed by atoms with van der Waals surface area (Å²) in [7, 11) is 0. The molecule has 1 unspecified atom stereocenters. The molecule has 1 heterocycles. The van der Waals surface area contributed by atoms with Gasteiger partial charge in [0.25, 0.3) is 0 Å². The van der Waals surface area contributed by atoms with Gasteiger partial charge in [0.15, 0.2) is 0 Å². The van der Waals surface area contributed by atoms with Crippen molar-refractivity contribution in [2.75, 3.05) is 24.5 Å². The zero-order chi connectivity index (χ0) is 17.7. The lowest BCUT2D eigenvalue weighted by atomic mass is 10.00. The van der Waals surface area contributed by atoms with Crippen molar-refractivity contribution in [1.29, 1.82) is 0 Å². The van der Waals surface area contributed by atoms with Crippen LogP contribution in [0.25, 0.3) is 0 Å². The SMILES string of the molecule is CCc1cccc(C)c1N(CCC(=O)N1CCCC(C)C1)C(C)=O. The summed E-state index contributed by atoms with van der Waals surface area (Å²) in [6, 6.07) is 6.11. The zero-order valence-corrected chi connectivity index (χ0v) is 15.5. The van der Waals surface area contributed by atoms with Crippen LogP contribution in [0.4, 0.5) is 5.69 Å². The van der Waals surface area contributed by atoms with E-state index in [4.69, 9.17) is 0 Å². The number of aryl methyl sites for hydroxylation is 2. The number of carbonyl (C=O) groups is 2. The number of piperidine rings is 1. The Labute approximate surface area is 145 Å². The topological polar surface area (TPSA) is 40.6 Å². The van der Waals surface area contributed by atoms with Gasteiger partial charge in [-0.1, -0.05) is 32.0 Å². The van der Waals surface area contributed by atoms with E-state index in [1.165, 1.54) is 6.42 Å². The molecule has 1 aromatic carbocycles. The molecule has 0 N–H and O–H groups in total. The number of amides is 2. The molecule has 0 spiro atoms. The predicted molar refractivity (Wildman–Crippen MR) is 98.2 cm³/mol. The van der Waals surface area contributed by atoms with Crippen molar-refractivity contribution in [3.05, 3.63) is 29.3 Å². The molecule has 4 nitrogen and oxygen atoms in total. The Hall–Kier alpha value is -1.84. The number of benzene rings is 1. The first kappa shape index (κ1) is 18.5. The van der Waals surface area contributed by atoms with Gasteiger partial charge in [-0.15, -0.1) is 0 Å². The second kappa shape index (κ2) is 8.32. The highest BCUT2D eigenvalue weighted by Gasteiger charge is 2.23. The molecule has 1 saturated heterocycles. The Morgan fingerprint density at radius 3 is 2.71 bits per heavy atom. The third-order valence-corrected chi connectivity index (χ3v) is 4.91. The Morgan fingerprint density at radius 2 is 2.08 bits per heavy atom. The van der Waals surface area contributed by atoms with Gasteiger partial charge in [0.1, 0.15) is 0 Å². The van der Waals surface area contributed by atoms with Gasteiger partial charge in [-0.3, -0.25) is 9.59 Å². The maximum Gasteiger partial charge on any atom is 0.224 e. The Bertz CT molecular complexity index is 597. The van der Waals surface area contributed by atoms with E-state index in [0.717, 1.165) is 42.7 Å². The summed E-state index contributed by atoms with van der Waals surface area (Å²) in [6.07, 6.45) is 3.55. The third-order valence-electron chi connectivity index (χ3n) is 4.91. The lowest BCUT2D eigenvalue weighted by Gasteiger charge is -2.32. The van der Waals surface area contributed by atoms with E-state index in [-0.39, 0.29) is 11.8 Å². The molecule has 1 atom stereocenters. The van der Waals surface area contributed by atoms with Gasteiger partial charge in [0.05, 0.1) is 0 Å². The van der Waals surface area contributed by atoms with Gasteiger partial charge in [-0.2, -0.15) is 0 Å². The Morgan fingerprint density at radius 1 is 1.33 bits per heavy atom. The van der Waals surface area contributed by atoms with E-state index in [2.05, 4.69) is 19.9 Å². The van der Waals surface area contributed by atoms with Gasteiger partial charge in [0, 0.05) is 38.7 Å². The van der Waals surface area contributed by atoms with Crippen LogP contribution < -0.4 is 4.90 Å². The number of likely N-dealkylation sites (tertiary alicyclic amines) is 1. The molecule has 0 radical (unpaired) electrons. The lowest BCUT2D eigenvalue weighted by Crippen LogP contribution is -2.41. The van der Waals surface area contributed by atoms with E-state index in [1.54, 1.807) is 11.8 Å². The van der Waals surface area contributed by atoms with Crippen LogP contribution in [0.3, 0.4) is 0 Å². The minimum atomic E-state index is -0.00110. The second-order valence-electron chi connectivity index (χ2n) is 6.94. The van der Waals surface area contributed by atoms with Gasteiger partial charge < -0.3 is 9.80 Å². The van der Waals surface area contributed by atoms with Gasteiger partial charge >= 0.3 is 0 Å². The number of nitrogens with zero attached hydrogens (tertiary/aromatic N) is 2. The summed E-state index contributed by atoms with van der Waals surface area (Å²) in [5.74, 6) is 0.743. The first-order valence-corrected chi connectivity index (χ1v) is 9.08. The third kappa shape index (κ3) is 4.37. The van der Waals surface area contributed by atoms with Crippen LogP contribution in [-0.2, 0) is 16.0 Å². The van der Waals surface area contributed by atoms with Crippen molar-refractivity contribution < 1.29 is 9.59 Å². The molecule has 1 aliphatic heterocycles. The van der Waals surface area contributed by atoms with Crippen LogP contribution in [-0.4, -0.2) is 36.3 Å². The average molecular weight is 330 g/mol. The standard InChI is InChI=1S/C20H30N2O2/c1-5-18-10-6-9-16(3)20(18)22(17(4)23)13-11-19(24)21-12-7-8-15(2)14-21/h6,9-10,15H,5,7-8,11-14H2,1-4H3. The van der Waals surface area contributed by atoms with Crippen LogP contribution in [0, 0.1) is 12.8 Å². The van der Waals surface area contributed by atoms with Crippen LogP contribution >= 0.6 is 0 Å². The van der Waals surface area contributed by atoms with Crippen LogP contribution in [0.2, 0.25) is 0 Å². The molecule has 2 amide bonds. The highest BCUT2D eigenvalue weighted by molar-refractivity contribution is 5.94. The fourth-order valence-corrected chi connectivity index (χ4v) is 3.60. The molecule has 0 aromatic heterocycles. The first-order chi connectivity index (χ1) is 11.4. The van der Waals surface area contributed by atoms with E-state index in [1.807, 2.05) is 24.0 Å². The minimum Gasteiger partial charge on any atom is -0.342 e. The molecule has 132 valence electrons. The summed E-state index contributed by atoms with van der Waals surface area (Å²) in [6.45, 7) is 10.1. The van der Waals surface area contributed by atoms with Crippen molar-refractivity contribution in [2.24, 2.45) is 5.92 Å². The van der Waals surface area contributed by atoms with Crippen LogP contribution in [0.5, 0.6) is 0 Å². The summed E-state index contributed by atoms with van der Waals surface area (Å²) < 4.78 is 0. The maximum atomic E-state index is 12.5. The minimum absolute atomic E-state index is 0.00110. The molecule has 2 rings (SSSR count). The normalized spacial score (nSPS) is 17.7. The molecule has 0 saturated carbocycles. The molecule has 0 aliphatic carbocycles. The van der Waals surface area contributed by atoms with Gasteiger partial charge in [-0.05, 0) is 43.2 Å². The molecule has 1 aromatic rings. The number of carbonyl (C=O) groups excluding carboxylic acids is 2. The lowest BCUT2D eigenvalue weighted by molar-refractivity contribution is -0.132. The summed E-state index contributed by atoms with van der Waals surface area (Å²) in [5.41, 5.74) is 3.22. The van der Waals surface area contributed by atoms with Crippen molar-refractivity contribution in [1.82, 2.24) is 4.90 Å². The Kier molecular flexibility index (Phi) is 6.41. The van der Waals surface area contributed by atoms with Crippen LogP contribution in [0.1, 0.15) is 51.2 Å². The molecule has 4 heteroatoms. The highest BCUT2D eigenvalue weighted by atomic mass is 16.2. The summed E-state index contributed by atoms with van der Waals surface area (Å²) in [4.78, 5) is 28.5. The largest absolute Gasteiger partial charge is 0.342 e. The number of rotatable bonds is 5. The predicted octanol–water partition coefficient (Wildman–Crippen LogP) is 3.56. The number of hydrogen-bond donors (Lipinski definition) is 0. The zero-order valence-electron chi connectivity index (χ0n) is 15.5. The fourth-order valence-electron chi connectivity index (χ4n) is 3.60. The van der Waals surface area contributed by atoms with Gasteiger partial charge in [-0.25, -0.2) is 0 Å². The molecule has 1 aliphatic rings. The molecular weight excluding hydrogens is 300 g/mol. The van der Waals surface area contributed by atoms with Crippen molar-refractivity contribution in [3.8, 4) is 0 Å². The number of anilines is 1. The number of para-hydroxylation sites is 1. The molecule has 0 bridgehead atoms. The summed E-state index contributed by atoms with van der Waals surface area (Å²) in [5, 5.41) is 0. The number of hydrogen-bond acceptors (Lipinski definition) is 2. The Balaban J connectivity index is 2.10. The van der Waals surface area contributed by atoms with E-state index >= 15 is 0 Å². The fraction of sp³-hybridized carbons (Fsp3) is 0.600. The van der Waals surface area contributed by atoms with Crippen LogP contribution in [0.15, 0.2) is 18.2 Å². The molecule has 1 fully saturated rings. The van der Waals surface area contributed by atoms with Crippen molar-refractivity contribution >= 4 is 17.5 Å². The molecule has 24 heavy (non-hydrogen) atoms. The first-order valence-electron chi connectivity index (χ1n) is 9.08. The quantitative estimate of drug-likeness (QED) is 0.828. The van der Waals surface area contributed by atoms with Crippen molar-refractivity contribution in [3.63, 3.8) is 0 Å². The smallest absolute Gasteiger partial charge is 0.224 e. The second-order valence-corrected chi connectivity index (χ2v) is 6.94. The highest BCUT2D eigenvalue weighted by Crippen LogP contribution is 2.26. The average Bonchev–Trinajstić information content (AvgIpc) is 2.55. The van der Waals surface area contributed by atoms with E-state index in [0.29, 0.717) is 18.9 Å². The monoisotopic (exact) mass is 330 g/mol. The molecular formula is C20H30N2O2.